The van der Waals surface area contributed by atoms with Crippen molar-refractivity contribution in [2.45, 2.75) is 57.5 Å². The van der Waals surface area contributed by atoms with Crippen LogP contribution in [0.3, 0.4) is 0 Å². The largest absolute Gasteiger partial charge is 0.354 e. The second-order valence-electron chi connectivity index (χ2n) is 11.0. The zero-order valence-electron chi connectivity index (χ0n) is 25.6. The van der Waals surface area contributed by atoms with E-state index in [1.165, 1.54) is 4.90 Å². The van der Waals surface area contributed by atoms with Gasteiger partial charge in [-0.1, -0.05) is 109 Å². The second kappa shape index (κ2) is 15.3. The van der Waals surface area contributed by atoms with Gasteiger partial charge in [0.15, 0.2) is 0 Å². The second-order valence-corrected chi connectivity index (χ2v) is 12.9. The van der Waals surface area contributed by atoms with E-state index in [9.17, 15) is 18.0 Å². The van der Waals surface area contributed by atoms with Gasteiger partial charge in [0.25, 0.3) is 10.0 Å². The summed E-state index contributed by atoms with van der Waals surface area (Å²) in [6, 6.07) is 31.8. The Balaban J connectivity index is 1.77. The Morgan fingerprint density at radius 1 is 0.750 bits per heavy atom. The number of amides is 2. The number of hydrogen-bond acceptors (Lipinski definition) is 4. The van der Waals surface area contributed by atoms with Gasteiger partial charge >= 0.3 is 0 Å². The first kappa shape index (κ1) is 32.5. The number of unbranched alkanes of at least 4 members (excludes halogenated alkanes) is 1. The minimum absolute atomic E-state index is 0.0872. The van der Waals surface area contributed by atoms with Gasteiger partial charge in [0.05, 0.1) is 10.6 Å². The SMILES string of the molecule is CCCCNC(=O)[C@@H](Cc1ccccc1)N(Cc1ccccc1)C(=O)CN(c1ccc(C)cc1)S(=O)(=O)c1ccc(C)cc1. The molecular weight excluding hydrogens is 570 g/mol. The lowest BCUT2D eigenvalue weighted by Gasteiger charge is -2.34. The van der Waals surface area contributed by atoms with Crippen molar-refractivity contribution in [2.24, 2.45) is 0 Å². The van der Waals surface area contributed by atoms with E-state index in [-0.39, 0.29) is 23.8 Å². The van der Waals surface area contributed by atoms with Crippen LogP contribution < -0.4 is 9.62 Å². The Morgan fingerprint density at radius 3 is 1.86 bits per heavy atom. The van der Waals surface area contributed by atoms with Gasteiger partial charge in [-0.05, 0) is 55.7 Å². The molecule has 0 aliphatic rings. The average Bonchev–Trinajstić information content (AvgIpc) is 3.03. The van der Waals surface area contributed by atoms with Crippen LogP contribution in [0.1, 0.15) is 42.0 Å². The van der Waals surface area contributed by atoms with Gasteiger partial charge in [-0.3, -0.25) is 13.9 Å². The number of carbonyl (C=O) groups is 2. The summed E-state index contributed by atoms with van der Waals surface area (Å²) in [7, 11) is -4.12. The van der Waals surface area contributed by atoms with E-state index in [4.69, 9.17) is 0 Å². The summed E-state index contributed by atoms with van der Waals surface area (Å²) in [6.07, 6.45) is 2.01. The predicted molar refractivity (Wildman–Crippen MR) is 176 cm³/mol. The van der Waals surface area contributed by atoms with Gasteiger partial charge in [-0.25, -0.2) is 8.42 Å². The van der Waals surface area contributed by atoms with Gasteiger partial charge in [0.1, 0.15) is 12.6 Å². The lowest BCUT2D eigenvalue weighted by molar-refractivity contribution is -0.140. The van der Waals surface area contributed by atoms with E-state index in [0.717, 1.165) is 39.4 Å². The summed E-state index contributed by atoms with van der Waals surface area (Å²) < 4.78 is 29.3. The van der Waals surface area contributed by atoms with Crippen molar-refractivity contribution in [2.75, 3.05) is 17.4 Å². The Kier molecular flexibility index (Phi) is 11.3. The molecule has 0 aliphatic carbocycles. The molecule has 0 spiro atoms. The molecule has 0 unspecified atom stereocenters. The molecule has 4 aromatic rings. The van der Waals surface area contributed by atoms with Gasteiger partial charge in [-0.2, -0.15) is 0 Å². The third kappa shape index (κ3) is 8.57. The molecule has 0 bridgehead atoms. The van der Waals surface area contributed by atoms with Crippen LogP contribution in [0, 0.1) is 13.8 Å². The number of aryl methyl sites for hydroxylation is 2. The minimum Gasteiger partial charge on any atom is -0.354 e. The fourth-order valence-electron chi connectivity index (χ4n) is 4.92. The lowest BCUT2D eigenvalue weighted by atomic mass is 10.0. The standard InChI is InChI=1S/C36H41N3O4S/c1-4-5-24-37-36(41)34(25-30-12-8-6-9-13-30)38(26-31-14-10-7-11-15-31)35(40)27-39(32-20-16-28(2)17-21-32)44(42,43)33-22-18-29(3)19-23-33/h6-23,34H,4-5,24-27H2,1-3H3,(H,37,41)/t34-/m1/s1. The molecule has 0 fully saturated rings. The summed E-state index contributed by atoms with van der Waals surface area (Å²) in [5.74, 6) is -0.744. The molecule has 8 heteroatoms. The fourth-order valence-corrected chi connectivity index (χ4v) is 6.33. The zero-order valence-corrected chi connectivity index (χ0v) is 26.5. The molecule has 0 radical (unpaired) electrons. The molecule has 0 heterocycles. The van der Waals surface area contributed by atoms with E-state index in [1.54, 1.807) is 36.4 Å². The summed E-state index contributed by atoms with van der Waals surface area (Å²) in [6.45, 7) is 6.01. The van der Waals surface area contributed by atoms with Crippen LogP contribution >= 0.6 is 0 Å². The van der Waals surface area contributed by atoms with E-state index in [1.807, 2.05) is 93.6 Å². The molecule has 4 rings (SSSR count). The number of sulfonamides is 1. The molecule has 1 N–H and O–H groups in total. The molecule has 2 amide bonds. The van der Waals surface area contributed by atoms with Crippen LogP contribution in [-0.4, -0.2) is 44.3 Å². The highest BCUT2D eigenvalue weighted by atomic mass is 32.2. The molecule has 44 heavy (non-hydrogen) atoms. The maximum atomic E-state index is 14.4. The topological polar surface area (TPSA) is 86.8 Å². The lowest BCUT2D eigenvalue weighted by Crippen LogP contribution is -2.53. The van der Waals surface area contributed by atoms with Crippen LogP contribution in [0.15, 0.2) is 114 Å². The maximum absolute atomic E-state index is 14.4. The minimum atomic E-state index is -4.12. The molecule has 4 aromatic carbocycles. The van der Waals surface area contributed by atoms with E-state index in [2.05, 4.69) is 5.32 Å². The number of anilines is 1. The van der Waals surface area contributed by atoms with Gasteiger partial charge in [0.2, 0.25) is 11.8 Å². The number of hydrogen-bond donors (Lipinski definition) is 1. The van der Waals surface area contributed by atoms with Crippen LogP contribution in [0.5, 0.6) is 0 Å². The summed E-state index contributed by atoms with van der Waals surface area (Å²) >= 11 is 0. The molecule has 0 aromatic heterocycles. The van der Waals surface area contributed by atoms with Crippen molar-refractivity contribution in [3.05, 3.63) is 131 Å². The summed E-state index contributed by atoms with van der Waals surface area (Å²) in [5, 5.41) is 3.01. The summed E-state index contributed by atoms with van der Waals surface area (Å²) in [4.78, 5) is 29.8. The van der Waals surface area contributed by atoms with E-state index in [0.29, 0.717) is 12.2 Å². The first-order valence-electron chi connectivity index (χ1n) is 15.0. The van der Waals surface area contributed by atoms with Crippen molar-refractivity contribution in [3.63, 3.8) is 0 Å². The van der Waals surface area contributed by atoms with Gasteiger partial charge in [-0.15, -0.1) is 0 Å². The molecular formula is C36H41N3O4S. The number of benzene rings is 4. The Hall–Kier alpha value is -4.43. The van der Waals surface area contributed by atoms with Crippen LogP contribution in [-0.2, 0) is 32.6 Å². The maximum Gasteiger partial charge on any atom is 0.264 e. The number of rotatable bonds is 14. The highest BCUT2D eigenvalue weighted by molar-refractivity contribution is 7.92. The Labute approximate surface area is 261 Å². The van der Waals surface area contributed by atoms with Crippen LogP contribution in [0.4, 0.5) is 5.69 Å². The third-order valence-electron chi connectivity index (χ3n) is 7.51. The highest BCUT2D eigenvalue weighted by Gasteiger charge is 2.34. The fraction of sp³-hybridized carbons (Fsp3) is 0.278. The van der Waals surface area contributed by atoms with E-state index < -0.39 is 28.5 Å². The summed E-state index contributed by atoms with van der Waals surface area (Å²) in [5.41, 5.74) is 4.00. The molecule has 230 valence electrons. The molecule has 7 nitrogen and oxygen atoms in total. The van der Waals surface area contributed by atoms with E-state index >= 15 is 0 Å². The average molecular weight is 612 g/mol. The first-order chi connectivity index (χ1) is 21.2. The Bertz CT molecular complexity index is 1610. The first-order valence-corrected chi connectivity index (χ1v) is 16.4. The number of carbonyl (C=O) groups excluding carboxylic acids is 2. The van der Waals surface area contributed by atoms with Crippen molar-refractivity contribution in [3.8, 4) is 0 Å². The van der Waals surface area contributed by atoms with Crippen molar-refractivity contribution < 1.29 is 18.0 Å². The Morgan fingerprint density at radius 2 is 1.30 bits per heavy atom. The van der Waals surface area contributed by atoms with Gasteiger partial charge in [0, 0.05) is 19.5 Å². The molecule has 0 aliphatic heterocycles. The number of nitrogens with one attached hydrogen (secondary N) is 1. The third-order valence-corrected chi connectivity index (χ3v) is 9.29. The zero-order chi connectivity index (χ0) is 31.5. The predicted octanol–water partition coefficient (Wildman–Crippen LogP) is 6.06. The van der Waals surface area contributed by atoms with Crippen molar-refractivity contribution >= 4 is 27.5 Å². The van der Waals surface area contributed by atoms with Crippen LogP contribution in [0.25, 0.3) is 0 Å². The number of nitrogens with zero attached hydrogens (tertiary/aromatic N) is 2. The van der Waals surface area contributed by atoms with Crippen molar-refractivity contribution in [1.29, 1.82) is 0 Å². The van der Waals surface area contributed by atoms with Crippen LogP contribution in [0.2, 0.25) is 0 Å². The van der Waals surface area contributed by atoms with Crippen molar-refractivity contribution in [1.82, 2.24) is 10.2 Å². The smallest absolute Gasteiger partial charge is 0.264 e. The highest BCUT2D eigenvalue weighted by Crippen LogP contribution is 2.26. The van der Waals surface area contributed by atoms with Gasteiger partial charge < -0.3 is 10.2 Å². The normalized spacial score (nSPS) is 11.9. The quantitative estimate of drug-likeness (QED) is 0.176. The molecule has 1 atom stereocenters. The molecule has 0 saturated heterocycles. The monoisotopic (exact) mass is 611 g/mol. The molecule has 0 saturated carbocycles.